The highest BCUT2D eigenvalue weighted by molar-refractivity contribution is 7.90. The normalized spacial score (nSPS) is 24.6. The van der Waals surface area contributed by atoms with Crippen LogP contribution >= 0.6 is 34.5 Å². The van der Waals surface area contributed by atoms with Crippen molar-refractivity contribution < 1.29 is 12.8 Å². The Bertz CT molecular complexity index is 1100. The predicted octanol–water partition coefficient (Wildman–Crippen LogP) is 4.47. The number of hydrogen-bond acceptors (Lipinski definition) is 5. The van der Waals surface area contributed by atoms with Crippen LogP contribution < -0.4 is 4.90 Å². The van der Waals surface area contributed by atoms with Gasteiger partial charge in [-0.3, -0.25) is 0 Å². The number of anilines is 1. The highest BCUT2D eigenvalue weighted by Gasteiger charge is 2.43. The van der Waals surface area contributed by atoms with Gasteiger partial charge in [0, 0.05) is 43.0 Å². The Balaban J connectivity index is 1.40. The summed E-state index contributed by atoms with van der Waals surface area (Å²) in [5, 5.41) is 2.34. The zero-order chi connectivity index (χ0) is 22.2. The molecule has 4 rings (SSSR count). The number of thiazole rings is 1. The predicted molar refractivity (Wildman–Crippen MR) is 125 cm³/mol. The molecule has 0 spiro atoms. The number of allylic oxidation sites excluding steroid dienone is 3. The fraction of sp³-hybridized carbons (Fsp3) is 0.381. The number of halogens is 3. The molecule has 0 N–H and O–H groups in total. The molecule has 31 heavy (non-hydrogen) atoms. The molecule has 2 atom stereocenters. The van der Waals surface area contributed by atoms with E-state index in [1.165, 1.54) is 27.8 Å². The van der Waals surface area contributed by atoms with Gasteiger partial charge in [-0.05, 0) is 30.7 Å². The highest BCUT2D eigenvalue weighted by Crippen LogP contribution is 2.33. The van der Waals surface area contributed by atoms with E-state index in [2.05, 4.69) is 9.88 Å². The molecule has 10 heteroatoms. The van der Waals surface area contributed by atoms with Crippen LogP contribution in [0.25, 0.3) is 0 Å². The van der Waals surface area contributed by atoms with Crippen LogP contribution in [-0.4, -0.2) is 54.0 Å². The first kappa shape index (κ1) is 22.7. The van der Waals surface area contributed by atoms with Crippen LogP contribution in [0.3, 0.4) is 0 Å². The lowest BCUT2D eigenvalue weighted by molar-refractivity contribution is 0.379. The number of alkyl halides is 1. The van der Waals surface area contributed by atoms with Crippen molar-refractivity contribution in [3.8, 4) is 0 Å². The number of rotatable bonds is 5. The molecule has 1 aliphatic carbocycles. The van der Waals surface area contributed by atoms with Gasteiger partial charge in [-0.25, -0.2) is 17.8 Å². The van der Waals surface area contributed by atoms with E-state index in [0.29, 0.717) is 37.6 Å². The van der Waals surface area contributed by atoms with Gasteiger partial charge in [0.1, 0.15) is 11.1 Å². The average Bonchev–Trinajstić information content (AvgIpc) is 3.15. The van der Waals surface area contributed by atoms with E-state index in [9.17, 15) is 12.8 Å². The Morgan fingerprint density at radius 3 is 2.65 bits per heavy atom. The number of benzene rings is 1. The first-order valence-electron chi connectivity index (χ1n) is 9.83. The van der Waals surface area contributed by atoms with Crippen molar-refractivity contribution >= 4 is 49.7 Å². The van der Waals surface area contributed by atoms with Crippen LogP contribution in [-0.2, 0) is 16.4 Å². The molecule has 1 fully saturated rings. The zero-order valence-electron chi connectivity index (χ0n) is 16.8. The van der Waals surface area contributed by atoms with Gasteiger partial charge in [0.25, 0.3) is 0 Å². The zero-order valence-corrected chi connectivity index (χ0v) is 20.0. The SMILES string of the molecule is CC1(Cl)C=CC=CC1S(=O)(=O)N1CCN(c2nc(Cc3cc(F)cc(Cl)c3)cs2)CC1. The monoisotopic (exact) mass is 501 g/mol. The lowest BCUT2D eigenvalue weighted by atomic mass is 10.0. The Kier molecular flexibility index (Phi) is 6.47. The molecule has 0 amide bonds. The van der Waals surface area contributed by atoms with Crippen LogP contribution in [0.2, 0.25) is 5.02 Å². The topological polar surface area (TPSA) is 53.5 Å². The van der Waals surface area contributed by atoms with Gasteiger partial charge in [-0.1, -0.05) is 35.9 Å². The van der Waals surface area contributed by atoms with Crippen molar-refractivity contribution in [2.45, 2.75) is 23.5 Å². The van der Waals surface area contributed by atoms with Gasteiger partial charge < -0.3 is 4.90 Å². The molecule has 166 valence electrons. The van der Waals surface area contributed by atoms with E-state index in [1.807, 2.05) is 5.38 Å². The third-order valence-corrected chi connectivity index (χ3v) is 9.45. The molecule has 2 heterocycles. The standard InChI is InChI=1S/C21H22Cl2FN3O2S2/c1-21(23)5-3-2-4-19(21)31(28,29)27-8-6-26(7-9-27)20-25-18(14-30-20)12-15-10-16(22)13-17(24)11-15/h2-5,10-11,13-14,19H,6-9,12H2,1H3. The third kappa shape index (κ3) is 4.98. The molecule has 0 saturated carbocycles. The fourth-order valence-corrected chi connectivity index (χ4v) is 7.37. The number of aromatic nitrogens is 1. The third-order valence-electron chi connectivity index (χ3n) is 5.41. The van der Waals surface area contributed by atoms with E-state index < -0.39 is 20.1 Å². The van der Waals surface area contributed by atoms with Gasteiger partial charge in [0.05, 0.1) is 10.6 Å². The summed E-state index contributed by atoms with van der Waals surface area (Å²) in [4.78, 5) is 5.77. The van der Waals surface area contributed by atoms with E-state index in [0.717, 1.165) is 16.4 Å². The summed E-state index contributed by atoms with van der Waals surface area (Å²) >= 11 is 13.9. The highest BCUT2D eigenvalue weighted by atomic mass is 35.5. The van der Waals surface area contributed by atoms with Gasteiger partial charge in [0.15, 0.2) is 5.13 Å². The van der Waals surface area contributed by atoms with Crippen LogP contribution in [0.4, 0.5) is 9.52 Å². The number of piperazine rings is 1. The second-order valence-corrected chi connectivity index (χ2v) is 12.0. The van der Waals surface area contributed by atoms with E-state index in [-0.39, 0.29) is 5.82 Å². The molecule has 2 unspecified atom stereocenters. The van der Waals surface area contributed by atoms with Crippen molar-refractivity contribution in [1.29, 1.82) is 0 Å². The Morgan fingerprint density at radius 2 is 1.97 bits per heavy atom. The van der Waals surface area contributed by atoms with Crippen LogP contribution in [0.15, 0.2) is 47.9 Å². The molecule has 1 aromatic heterocycles. The fourth-order valence-electron chi connectivity index (χ4n) is 3.82. The van der Waals surface area contributed by atoms with Gasteiger partial charge >= 0.3 is 0 Å². The largest absolute Gasteiger partial charge is 0.345 e. The number of nitrogens with zero attached hydrogens (tertiary/aromatic N) is 3. The molecule has 1 aliphatic heterocycles. The van der Waals surface area contributed by atoms with Crippen molar-refractivity contribution in [1.82, 2.24) is 9.29 Å². The van der Waals surface area contributed by atoms with Crippen molar-refractivity contribution in [3.63, 3.8) is 0 Å². The second-order valence-electron chi connectivity index (χ2n) is 7.82. The summed E-state index contributed by atoms with van der Waals surface area (Å²) in [6.07, 6.45) is 7.36. The van der Waals surface area contributed by atoms with Crippen molar-refractivity contribution in [2.24, 2.45) is 0 Å². The lowest BCUT2D eigenvalue weighted by Gasteiger charge is -2.38. The summed E-state index contributed by atoms with van der Waals surface area (Å²) in [5.41, 5.74) is 1.59. The Labute approximate surface area is 195 Å². The van der Waals surface area contributed by atoms with Crippen LogP contribution in [0, 0.1) is 5.82 Å². The quantitative estimate of drug-likeness (QED) is 0.567. The lowest BCUT2D eigenvalue weighted by Crippen LogP contribution is -2.54. The first-order valence-corrected chi connectivity index (χ1v) is 13.0. The molecule has 2 aliphatic rings. The maximum atomic E-state index is 13.6. The minimum Gasteiger partial charge on any atom is -0.345 e. The number of sulfonamides is 1. The van der Waals surface area contributed by atoms with Gasteiger partial charge in [0.2, 0.25) is 10.0 Å². The summed E-state index contributed by atoms with van der Waals surface area (Å²) in [5.74, 6) is -0.369. The minimum absolute atomic E-state index is 0.360. The smallest absolute Gasteiger partial charge is 0.222 e. The Hall–Kier alpha value is -1.45. The number of hydrogen-bond donors (Lipinski definition) is 0. The summed E-state index contributed by atoms with van der Waals surface area (Å²) in [6, 6.07) is 4.46. The molecule has 1 aromatic carbocycles. The van der Waals surface area contributed by atoms with E-state index in [1.54, 1.807) is 37.3 Å². The van der Waals surface area contributed by atoms with Crippen LogP contribution in [0.5, 0.6) is 0 Å². The van der Waals surface area contributed by atoms with Crippen molar-refractivity contribution in [2.75, 3.05) is 31.1 Å². The summed E-state index contributed by atoms with van der Waals surface area (Å²) in [6.45, 7) is 3.55. The molecule has 2 aromatic rings. The maximum Gasteiger partial charge on any atom is 0.222 e. The molecule has 5 nitrogen and oxygen atoms in total. The maximum absolute atomic E-state index is 13.6. The van der Waals surface area contributed by atoms with Crippen LogP contribution in [0.1, 0.15) is 18.2 Å². The summed E-state index contributed by atoms with van der Waals surface area (Å²) in [7, 11) is -3.57. The molecule has 0 bridgehead atoms. The molecular formula is C21H22Cl2FN3O2S2. The first-order chi connectivity index (χ1) is 14.6. The van der Waals surface area contributed by atoms with E-state index in [4.69, 9.17) is 23.2 Å². The molecule has 0 radical (unpaired) electrons. The Morgan fingerprint density at radius 1 is 1.23 bits per heavy atom. The molecule has 1 saturated heterocycles. The van der Waals surface area contributed by atoms with Gasteiger partial charge in [-0.2, -0.15) is 4.31 Å². The van der Waals surface area contributed by atoms with Crippen molar-refractivity contribution in [3.05, 3.63) is 70.0 Å². The minimum atomic E-state index is -3.57. The average molecular weight is 502 g/mol. The van der Waals surface area contributed by atoms with E-state index >= 15 is 0 Å². The second kappa shape index (κ2) is 8.83. The summed E-state index contributed by atoms with van der Waals surface area (Å²) < 4.78 is 41.4. The van der Waals surface area contributed by atoms with Gasteiger partial charge in [-0.15, -0.1) is 22.9 Å². The molecular weight excluding hydrogens is 480 g/mol.